The van der Waals surface area contributed by atoms with Gasteiger partial charge in [-0.05, 0) is 18.2 Å². The van der Waals surface area contributed by atoms with E-state index in [2.05, 4.69) is 19.4 Å². The first kappa shape index (κ1) is 17.7. The lowest BCUT2D eigenvalue weighted by Crippen LogP contribution is -2.12. The number of nitrogens with zero attached hydrogens (tertiary/aromatic N) is 2. The highest BCUT2D eigenvalue weighted by Gasteiger charge is 2.16. The molecular formula is C17H13F2N3O3S. The first-order valence-electron chi connectivity index (χ1n) is 7.40. The van der Waals surface area contributed by atoms with E-state index in [0.29, 0.717) is 11.0 Å². The van der Waals surface area contributed by atoms with Crippen molar-refractivity contribution in [1.82, 2.24) is 9.36 Å². The number of methoxy groups -OCH3 is 1. The number of aromatic nitrogens is 2. The van der Waals surface area contributed by atoms with Crippen LogP contribution >= 0.6 is 11.5 Å². The Bertz CT molecular complexity index is 903. The van der Waals surface area contributed by atoms with Crippen LogP contribution in [0, 0.1) is 0 Å². The number of hydrogen-bond acceptors (Lipinski definition) is 6. The zero-order valence-electron chi connectivity index (χ0n) is 13.5. The van der Waals surface area contributed by atoms with Crippen molar-refractivity contribution in [3.05, 3.63) is 54.1 Å². The van der Waals surface area contributed by atoms with Crippen molar-refractivity contribution in [2.24, 2.45) is 0 Å². The second-order valence-electron chi connectivity index (χ2n) is 4.99. The van der Waals surface area contributed by atoms with Gasteiger partial charge in [0.1, 0.15) is 0 Å². The van der Waals surface area contributed by atoms with Gasteiger partial charge in [0.15, 0.2) is 17.3 Å². The molecular weight excluding hydrogens is 364 g/mol. The molecule has 134 valence electrons. The Balaban J connectivity index is 1.77. The molecule has 0 atom stereocenters. The van der Waals surface area contributed by atoms with Crippen LogP contribution in [0.1, 0.15) is 10.4 Å². The van der Waals surface area contributed by atoms with Gasteiger partial charge in [-0.25, -0.2) is 0 Å². The third-order valence-electron chi connectivity index (χ3n) is 3.32. The van der Waals surface area contributed by atoms with E-state index in [4.69, 9.17) is 4.74 Å². The summed E-state index contributed by atoms with van der Waals surface area (Å²) < 4.78 is 38.5. The number of rotatable bonds is 6. The van der Waals surface area contributed by atoms with Gasteiger partial charge in [-0.2, -0.15) is 18.1 Å². The van der Waals surface area contributed by atoms with Gasteiger partial charge in [0.2, 0.25) is 5.13 Å². The molecule has 0 saturated heterocycles. The number of halogens is 2. The summed E-state index contributed by atoms with van der Waals surface area (Å²) in [4.78, 5) is 16.6. The van der Waals surface area contributed by atoms with Crippen LogP contribution in [0.15, 0.2) is 48.5 Å². The van der Waals surface area contributed by atoms with E-state index in [9.17, 15) is 13.6 Å². The van der Waals surface area contributed by atoms with E-state index in [0.717, 1.165) is 17.1 Å². The molecule has 0 bridgehead atoms. The van der Waals surface area contributed by atoms with Gasteiger partial charge in [-0.3, -0.25) is 10.1 Å². The number of carbonyl (C=O) groups excluding carboxylic acids is 1. The number of amides is 1. The molecule has 6 nitrogen and oxygen atoms in total. The Morgan fingerprint density at radius 2 is 1.92 bits per heavy atom. The van der Waals surface area contributed by atoms with E-state index in [1.807, 2.05) is 30.3 Å². The maximum Gasteiger partial charge on any atom is 0.387 e. The fourth-order valence-electron chi connectivity index (χ4n) is 2.15. The summed E-state index contributed by atoms with van der Waals surface area (Å²) in [6, 6.07) is 13.3. The van der Waals surface area contributed by atoms with Crippen molar-refractivity contribution in [2.75, 3.05) is 12.4 Å². The normalized spacial score (nSPS) is 10.6. The molecule has 0 aliphatic heterocycles. The van der Waals surface area contributed by atoms with E-state index in [-0.39, 0.29) is 17.1 Å². The van der Waals surface area contributed by atoms with Crippen LogP contribution in [0.4, 0.5) is 13.9 Å². The fraction of sp³-hybridized carbons (Fsp3) is 0.118. The minimum absolute atomic E-state index is 0.101. The molecule has 26 heavy (non-hydrogen) atoms. The summed E-state index contributed by atoms with van der Waals surface area (Å²) in [5, 5.41) is 2.88. The predicted octanol–water partition coefficient (Wildman–Crippen LogP) is 4.07. The van der Waals surface area contributed by atoms with Crippen LogP contribution in [0.2, 0.25) is 0 Å². The van der Waals surface area contributed by atoms with Gasteiger partial charge in [0.05, 0.1) is 7.11 Å². The van der Waals surface area contributed by atoms with Crippen molar-refractivity contribution in [1.29, 1.82) is 0 Å². The molecule has 0 radical (unpaired) electrons. The third kappa shape index (κ3) is 4.12. The minimum Gasteiger partial charge on any atom is -0.493 e. The van der Waals surface area contributed by atoms with Crippen LogP contribution < -0.4 is 14.8 Å². The summed E-state index contributed by atoms with van der Waals surface area (Å²) in [6.07, 6.45) is 0. The average Bonchev–Trinajstić information content (AvgIpc) is 3.10. The maximum atomic E-state index is 12.5. The van der Waals surface area contributed by atoms with Crippen LogP contribution in [-0.2, 0) is 0 Å². The minimum atomic E-state index is -3.03. The van der Waals surface area contributed by atoms with Crippen molar-refractivity contribution >= 4 is 22.6 Å². The summed E-state index contributed by atoms with van der Waals surface area (Å²) in [7, 11) is 1.32. The average molecular weight is 377 g/mol. The molecule has 2 aromatic carbocycles. The lowest BCUT2D eigenvalue weighted by molar-refractivity contribution is -0.0512. The number of hydrogen-bond donors (Lipinski definition) is 1. The highest BCUT2D eigenvalue weighted by Crippen LogP contribution is 2.30. The molecule has 0 saturated carbocycles. The molecule has 1 heterocycles. The van der Waals surface area contributed by atoms with Gasteiger partial charge in [-0.1, -0.05) is 30.3 Å². The van der Waals surface area contributed by atoms with Crippen LogP contribution in [0.25, 0.3) is 11.4 Å². The second kappa shape index (κ2) is 7.87. The lowest BCUT2D eigenvalue weighted by Gasteiger charge is -2.11. The highest BCUT2D eigenvalue weighted by molar-refractivity contribution is 7.10. The summed E-state index contributed by atoms with van der Waals surface area (Å²) in [6.45, 7) is -3.03. The summed E-state index contributed by atoms with van der Waals surface area (Å²) >= 11 is 1.02. The van der Waals surface area contributed by atoms with E-state index < -0.39 is 12.5 Å². The smallest absolute Gasteiger partial charge is 0.387 e. The molecule has 3 aromatic rings. The number of ether oxygens (including phenoxy) is 2. The number of nitrogens with one attached hydrogen (secondary N) is 1. The molecule has 1 N–H and O–H groups in total. The molecule has 0 fully saturated rings. The SMILES string of the molecule is COc1ccc(C(=O)Nc2nc(-c3ccccc3)ns2)cc1OC(F)F. The van der Waals surface area contributed by atoms with Crippen molar-refractivity contribution in [2.45, 2.75) is 6.61 Å². The third-order valence-corrected chi connectivity index (χ3v) is 3.95. The molecule has 1 aromatic heterocycles. The molecule has 3 rings (SSSR count). The van der Waals surface area contributed by atoms with Gasteiger partial charge < -0.3 is 9.47 Å². The fourth-order valence-corrected chi connectivity index (χ4v) is 2.74. The Hall–Kier alpha value is -3.07. The van der Waals surface area contributed by atoms with Gasteiger partial charge in [-0.15, -0.1) is 0 Å². The predicted molar refractivity (Wildman–Crippen MR) is 92.9 cm³/mol. The largest absolute Gasteiger partial charge is 0.493 e. The van der Waals surface area contributed by atoms with Crippen molar-refractivity contribution in [3.63, 3.8) is 0 Å². The monoisotopic (exact) mass is 377 g/mol. The summed E-state index contributed by atoms with van der Waals surface area (Å²) in [5.41, 5.74) is 0.944. The zero-order chi connectivity index (χ0) is 18.5. The molecule has 0 aliphatic rings. The number of carbonyl (C=O) groups is 1. The first-order valence-corrected chi connectivity index (χ1v) is 8.17. The van der Waals surface area contributed by atoms with Crippen LogP contribution in [0.5, 0.6) is 11.5 Å². The molecule has 0 unspecified atom stereocenters. The maximum absolute atomic E-state index is 12.5. The number of benzene rings is 2. The Labute approximate surface area is 151 Å². The van der Waals surface area contributed by atoms with Crippen molar-refractivity contribution in [3.8, 4) is 22.9 Å². The first-order chi connectivity index (χ1) is 12.6. The van der Waals surface area contributed by atoms with Gasteiger partial charge >= 0.3 is 6.61 Å². The molecule has 0 spiro atoms. The Morgan fingerprint density at radius 3 is 2.62 bits per heavy atom. The topological polar surface area (TPSA) is 73.3 Å². The van der Waals surface area contributed by atoms with Crippen LogP contribution in [-0.4, -0.2) is 29.0 Å². The van der Waals surface area contributed by atoms with Gasteiger partial charge in [0, 0.05) is 22.7 Å². The summed E-state index contributed by atoms with van der Waals surface area (Å²) in [5.74, 6) is -0.161. The molecule has 0 aliphatic carbocycles. The lowest BCUT2D eigenvalue weighted by atomic mass is 10.2. The van der Waals surface area contributed by atoms with Crippen molar-refractivity contribution < 1.29 is 23.0 Å². The Kier molecular flexibility index (Phi) is 5.37. The van der Waals surface area contributed by atoms with Gasteiger partial charge in [0.25, 0.3) is 5.91 Å². The van der Waals surface area contributed by atoms with E-state index in [1.54, 1.807) is 0 Å². The highest BCUT2D eigenvalue weighted by atomic mass is 32.1. The molecule has 1 amide bonds. The zero-order valence-corrected chi connectivity index (χ0v) is 14.3. The van der Waals surface area contributed by atoms with E-state index in [1.165, 1.54) is 25.3 Å². The number of alkyl halides is 2. The standard InChI is InChI=1S/C17H13F2N3O3S/c1-24-12-8-7-11(9-13(12)25-16(18)19)15(23)21-17-20-14(22-26-17)10-5-3-2-4-6-10/h2-9,16H,1H3,(H,20,21,22,23). The Morgan fingerprint density at radius 1 is 1.15 bits per heavy atom. The number of anilines is 1. The second-order valence-corrected chi connectivity index (χ2v) is 5.74. The van der Waals surface area contributed by atoms with Crippen LogP contribution in [0.3, 0.4) is 0 Å². The molecule has 9 heteroatoms. The van der Waals surface area contributed by atoms with E-state index >= 15 is 0 Å². The quantitative estimate of drug-likeness (QED) is 0.701.